The molecule has 0 saturated heterocycles. The van der Waals surface area contributed by atoms with Gasteiger partial charge in [0.05, 0.1) is 11.4 Å². The second-order valence-electron chi connectivity index (χ2n) is 4.80. The Hall–Kier alpha value is -2.11. The molecule has 0 spiro atoms. The van der Waals surface area contributed by atoms with Gasteiger partial charge in [-0.15, -0.1) is 11.8 Å². The molecule has 0 bridgehead atoms. The third kappa shape index (κ3) is 2.91. The Kier molecular flexibility index (Phi) is 4.27. The molecule has 1 aromatic heterocycles. The first kappa shape index (κ1) is 14.8. The molecule has 0 saturated carbocycles. The summed E-state index contributed by atoms with van der Waals surface area (Å²) in [7, 11) is 0. The van der Waals surface area contributed by atoms with E-state index in [9.17, 15) is 9.50 Å². The summed E-state index contributed by atoms with van der Waals surface area (Å²) in [6.45, 7) is -0.170. The molecule has 0 aliphatic carbocycles. The fourth-order valence-corrected chi connectivity index (χ4v) is 2.69. The molecule has 112 valence electrons. The SMILES string of the molecule is CSc1ccc(-c2nc(CO)[nH]c2-c2ccc(F)cc2)cc1. The van der Waals surface area contributed by atoms with Crippen LogP contribution in [0.1, 0.15) is 5.82 Å². The second kappa shape index (κ2) is 6.34. The average molecular weight is 314 g/mol. The number of aromatic nitrogens is 2. The number of nitrogens with zero attached hydrogens (tertiary/aromatic N) is 1. The standard InChI is InChI=1S/C17H15FN2OS/c1-22-14-8-4-12(5-9-14)17-16(19-15(10-21)20-17)11-2-6-13(18)7-3-11/h2-9,21H,10H2,1H3,(H,19,20). The highest BCUT2D eigenvalue weighted by Gasteiger charge is 2.14. The van der Waals surface area contributed by atoms with Crippen LogP contribution in [0.3, 0.4) is 0 Å². The lowest BCUT2D eigenvalue weighted by Gasteiger charge is -2.04. The van der Waals surface area contributed by atoms with Gasteiger partial charge in [-0.05, 0) is 42.7 Å². The molecule has 22 heavy (non-hydrogen) atoms. The highest BCUT2D eigenvalue weighted by Crippen LogP contribution is 2.31. The lowest BCUT2D eigenvalue weighted by molar-refractivity contribution is 0.272. The van der Waals surface area contributed by atoms with E-state index in [-0.39, 0.29) is 12.4 Å². The minimum absolute atomic E-state index is 0.170. The smallest absolute Gasteiger partial charge is 0.133 e. The van der Waals surface area contributed by atoms with Gasteiger partial charge in [-0.3, -0.25) is 0 Å². The first-order valence-electron chi connectivity index (χ1n) is 6.81. The van der Waals surface area contributed by atoms with Gasteiger partial charge >= 0.3 is 0 Å². The molecule has 3 nitrogen and oxygen atoms in total. The van der Waals surface area contributed by atoms with Crippen molar-refractivity contribution in [1.29, 1.82) is 0 Å². The van der Waals surface area contributed by atoms with E-state index < -0.39 is 0 Å². The van der Waals surface area contributed by atoms with Crippen molar-refractivity contribution in [3.05, 3.63) is 60.2 Å². The third-order valence-electron chi connectivity index (χ3n) is 3.40. The molecular weight excluding hydrogens is 299 g/mol. The van der Waals surface area contributed by atoms with E-state index >= 15 is 0 Å². The summed E-state index contributed by atoms with van der Waals surface area (Å²) in [5, 5.41) is 9.34. The predicted octanol–water partition coefficient (Wildman–Crippen LogP) is 4.10. The highest BCUT2D eigenvalue weighted by atomic mass is 32.2. The molecule has 3 rings (SSSR count). The zero-order valence-corrected chi connectivity index (χ0v) is 12.8. The Morgan fingerprint density at radius 2 is 1.68 bits per heavy atom. The maximum absolute atomic E-state index is 13.1. The summed E-state index contributed by atoms with van der Waals surface area (Å²) in [4.78, 5) is 8.72. The van der Waals surface area contributed by atoms with Crippen molar-refractivity contribution >= 4 is 11.8 Å². The predicted molar refractivity (Wildman–Crippen MR) is 87.1 cm³/mol. The molecule has 0 amide bonds. The summed E-state index contributed by atoms with van der Waals surface area (Å²) in [5.41, 5.74) is 3.31. The van der Waals surface area contributed by atoms with Gasteiger partial charge in [0.2, 0.25) is 0 Å². The van der Waals surface area contributed by atoms with Crippen LogP contribution in [0.5, 0.6) is 0 Å². The number of hydrogen-bond acceptors (Lipinski definition) is 3. The molecule has 0 fully saturated rings. The van der Waals surface area contributed by atoms with Crippen LogP contribution in [-0.4, -0.2) is 21.3 Å². The Morgan fingerprint density at radius 3 is 2.27 bits per heavy atom. The van der Waals surface area contributed by atoms with Crippen molar-refractivity contribution < 1.29 is 9.50 Å². The number of benzene rings is 2. The van der Waals surface area contributed by atoms with E-state index in [1.807, 2.05) is 30.5 Å². The maximum atomic E-state index is 13.1. The van der Waals surface area contributed by atoms with Crippen molar-refractivity contribution in [3.63, 3.8) is 0 Å². The summed E-state index contributed by atoms with van der Waals surface area (Å²) < 4.78 is 13.1. The van der Waals surface area contributed by atoms with E-state index in [2.05, 4.69) is 9.97 Å². The number of imidazole rings is 1. The van der Waals surface area contributed by atoms with E-state index in [1.54, 1.807) is 23.9 Å². The molecule has 5 heteroatoms. The van der Waals surface area contributed by atoms with Gasteiger partial charge < -0.3 is 10.1 Å². The third-order valence-corrected chi connectivity index (χ3v) is 4.14. The molecule has 0 unspecified atom stereocenters. The van der Waals surface area contributed by atoms with Gasteiger partial charge in [0.1, 0.15) is 18.2 Å². The first-order valence-corrected chi connectivity index (χ1v) is 8.04. The molecule has 2 aromatic carbocycles. The van der Waals surface area contributed by atoms with Crippen LogP contribution in [0.4, 0.5) is 4.39 Å². The topological polar surface area (TPSA) is 48.9 Å². The van der Waals surface area contributed by atoms with Gasteiger partial charge in [0.15, 0.2) is 0 Å². The number of H-pyrrole nitrogens is 1. The number of nitrogens with one attached hydrogen (secondary N) is 1. The summed E-state index contributed by atoms with van der Waals surface area (Å²) in [6, 6.07) is 14.3. The number of rotatable bonds is 4. The molecule has 2 N–H and O–H groups in total. The molecular formula is C17H15FN2OS. The Morgan fingerprint density at radius 1 is 1.05 bits per heavy atom. The number of aliphatic hydroxyl groups excluding tert-OH is 1. The molecule has 0 radical (unpaired) electrons. The largest absolute Gasteiger partial charge is 0.388 e. The van der Waals surface area contributed by atoms with Crippen molar-refractivity contribution in [3.8, 4) is 22.5 Å². The fraction of sp³-hybridized carbons (Fsp3) is 0.118. The van der Waals surface area contributed by atoms with Crippen molar-refractivity contribution in [2.45, 2.75) is 11.5 Å². The lowest BCUT2D eigenvalue weighted by Crippen LogP contribution is -1.85. The van der Waals surface area contributed by atoms with Crippen LogP contribution >= 0.6 is 11.8 Å². The summed E-state index contributed by atoms with van der Waals surface area (Å²) in [5.74, 6) is 0.208. The van der Waals surface area contributed by atoms with Gasteiger partial charge in [-0.1, -0.05) is 12.1 Å². The summed E-state index contributed by atoms with van der Waals surface area (Å²) >= 11 is 1.67. The number of hydrogen-bond donors (Lipinski definition) is 2. The van der Waals surface area contributed by atoms with Gasteiger partial charge in [-0.2, -0.15) is 0 Å². The van der Waals surface area contributed by atoms with Gasteiger partial charge in [0.25, 0.3) is 0 Å². The van der Waals surface area contributed by atoms with E-state index in [1.165, 1.54) is 17.0 Å². The van der Waals surface area contributed by atoms with Crippen LogP contribution in [0, 0.1) is 5.82 Å². The number of halogens is 1. The lowest BCUT2D eigenvalue weighted by atomic mass is 10.1. The zero-order valence-electron chi connectivity index (χ0n) is 12.0. The minimum atomic E-state index is -0.281. The number of thioether (sulfide) groups is 1. The molecule has 1 heterocycles. The Labute approximate surface area is 132 Å². The number of aromatic amines is 1. The van der Waals surface area contributed by atoms with E-state index in [0.29, 0.717) is 5.82 Å². The normalized spacial score (nSPS) is 10.9. The van der Waals surface area contributed by atoms with Crippen LogP contribution in [0.2, 0.25) is 0 Å². The highest BCUT2D eigenvalue weighted by molar-refractivity contribution is 7.98. The maximum Gasteiger partial charge on any atom is 0.133 e. The van der Waals surface area contributed by atoms with Crippen LogP contribution in [-0.2, 0) is 6.61 Å². The van der Waals surface area contributed by atoms with E-state index in [4.69, 9.17) is 0 Å². The molecule has 3 aromatic rings. The fourth-order valence-electron chi connectivity index (χ4n) is 2.28. The van der Waals surface area contributed by atoms with Crippen LogP contribution in [0.15, 0.2) is 53.4 Å². The second-order valence-corrected chi connectivity index (χ2v) is 5.68. The van der Waals surface area contributed by atoms with Crippen LogP contribution < -0.4 is 0 Å². The Bertz CT molecular complexity index is 766. The molecule has 0 aliphatic rings. The molecule has 0 atom stereocenters. The summed E-state index contributed by atoms with van der Waals surface area (Å²) in [6.07, 6.45) is 2.03. The first-order chi connectivity index (χ1) is 10.7. The van der Waals surface area contributed by atoms with Crippen molar-refractivity contribution in [2.75, 3.05) is 6.26 Å². The monoisotopic (exact) mass is 314 g/mol. The van der Waals surface area contributed by atoms with Gasteiger partial charge in [-0.25, -0.2) is 9.37 Å². The Balaban J connectivity index is 2.09. The zero-order chi connectivity index (χ0) is 15.5. The molecule has 0 aliphatic heterocycles. The van der Waals surface area contributed by atoms with Crippen molar-refractivity contribution in [1.82, 2.24) is 9.97 Å². The number of aliphatic hydroxyl groups is 1. The average Bonchev–Trinajstić information content (AvgIpc) is 3.00. The van der Waals surface area contributed by atoms with Crippen molar-refractivity contribution in [2.24, 2.45) is 0 Å². The minimum Gasteiger partial charge on any atom is -0.388 e. The van der Waals surface area contributed by atoms with Crippen LogP contribution in [0.25, 0.3) is 22.5 Å². The quantitative estimate of drug-likeness (QED) is 0.713. The van der Waals surface area contributed by atoms with E-state index in [0.717, 1.165) is 22.5 Å². The van der Waals surface area contributed by atoms with Gasteiger partial charge in [0, 0.05) is 16.0 Å².